The SMILES string of the molecule is CC(=O)Nc1cc(NC(=O)C2CCCCC2C(=O)O)ccc1C. The third-order valence-corrected chi connectivity index (χ3v) is 4.24. The summed E-state index contributed by atoms with van der Waals surface area (Å²) in [7, 11) is 0. The van der Waals surface area contributed by atoms with E-state index >= 15 is 0 Å². The van der Waals surface area contributed by atoms with Crippen molar-refractivity contribution in [3.05, 3.63) is 23.8 Å². The molecule has 1 aliphatic carbocycles. The summed E-state index contributed by atoms with van der Waals surface area (Å²) in [5.41, 5.74) is 2.08. The Kier molecular flexibility index (Phi) is 5.36. The molecule has 0 aliphatic heterocycles. The Morgan fingerprint density at radius 1 is 1.09 bits per heavy atom. The van der Waals surface area contributed by atoms with Gasteiger partial charge in [0.15, 0.2) is 0 Å². The molecule has 1 aromatic carbocycles. The third-order valence-electron chi connectivity index (χ3n) is 4.24. The van der Waals surface area contributed by atoms with Gasteiger partial charge in [-0.3, -0.25) is 14.4 Å². The van der Waals surface area contributed by atoms with Crippen molar-refractivity contribution in [2.75, 3.05) is 10.6 Å². The van der Waals surface area contributed by atoms with E-state index in [1.54, 1.807) is 18.2 Å². The van der Waals surface area contributed by atoms with Gasteiger partial charge in [0.2, 0.25) is 11.8 Å². The molecule has 0 radical (unpaired) electrons. The summed E-state index contributed by atoms with van der Waals surface area (Å²) in [5, 5.41) is 14.8. The van der Waals surface area contributed by atoms with Crippen LogP contribution in [-0.4, -0.2) is 22.9 Å². The molecule has 23 heavy (non-hydrogen) atoms. The number of carbonyl (C=O) groups is 3. The van der Waals surface area contributed by atoms with Crippen LogP contribution in [0.4, 0.5) is 11.4 Å². The van der Waals surface area contributed by atoms with Crippen LogP contribution in [0.5, 0.6) is 0 Å². The lowest BCUT2D eigenvalue weighted by Gasteiger charge is -2.27. The third kappa shape index (κ3) is 4.31. The molecule has 1 aliphatic rings. The van der Waals surface area contributed by atoms with Gasteiger partial charge in [0.05, 0.1) is 11.8 Å². The number of nitrogens with one attached hydrogen (secondary N) is 2. The highest BCUT2D eigenvalue weighted by Crippen LogP contribution is 2.31. The molecule has 0 bridgehead atoms. The van der Waals surface area contributed by atoms with Gasteiger partial charge < -0.3 is 15.7 Å². The zero-order valence-corrected chi connectivity index (χ0v) is 13.4. The Labute approximate surface area is 135 Å². The fourth-order valence-corrected chi connectivity index (χ4v) is 3.00. The second-order valence-electron chi connectivity index (χ2n) is 6.04. The first-order valence-corrected chi connectivity index (χ1v) is 7.80. The van der Waals surface area contributed by atoms with Crippen molar-refractivity contribution in [3.8, 4) is 0 Å². The molecule has 0 spiro atoms. The molecule has 2 unspecified atom stereocenters. The van der Waals surface area contributed by atoms with E-state index < -0.39 is 17.8 Å². The predicted octanol–water partition coefficient (Wildman–Crippen LogP) is 2.78. The Morgan fingerprint density at radius 2 is 1.74 bits per heavy atom. The fraction of sp³-hybridized carbons (Fsp3) is 0.471. The van der Waals surface area contributed by atoms with E-state index in [4.69, 9.17) is 0 Å². The molecule has 2 rings (SSSR count). The van der Waals surface area contributed by atoms with E-state index in [1.165, 1.54) is 6.92 Å². The van der Waals surface area contributed by atoms with Crippen molar-refractivity contribution in [2.45, 2.75) is 39.5 Å². The summed E-state index contributed by atoms with van der Waals surface area (Å²) < 4.78 is 0. The maximum absolute atomic E-state index is 12.4. The standard InChI is InChI=1S/C17H22N2O4/c1-10-7-8-12(9-15(10)18-11(2)20)19-16(21)13-5-3-4-6-14(13)17(22)23/h7-9,13-14H,3-6H2,1-2H3,(H,18,20)(H,19,21)(H,22,23). The van der Waals surface area contributed by atoms with Gasteiger partial charge in [-0.1, -0.05) is 18.9 Å². The minimum atomic E-state index is -0.910. The van der Waals surface area contributed by atoms with E-state index in [-0.39, 0.29) is 11.8 Å². The first-order chi connectivity index (χ1) is 10.9. The molecule has 124 valence electrons. The molecule has 0 heterocycles. The van der Waals surface area contributed by atoms with Gasteiger partial charge in [0.25, 0.3) is 0 Å². The number of aliphatic carboxylic acids is 1. The molecular weight excluding hydrogens is 296 g/mol. The van der Waals surface area contributed by atoms with Crippen molar-refractivity contribution in [1.29, 1.82) is 0 Å². The van der Waals surface area contributed by atoms with Crippen molar-refractivity contribution in [1.82, 2.24) is 0 Å². The number of hydrogen-bond donors (Lipinski definition) is 3. The van der Waals surface area contributed by atoms with Crippen molar-refractivity contribution in [2.24, 2.45) is 11.8 Å². The lowest BCUT2D eigenvalue weighted by atomic mass is 9.78. The monoisotopic (exact) mass is 318 g/mol. The first kappa shape index (κ1) is 17.0. The van der Waals surface area contributed by atoms with Crippen LogP contribution in [0, 0.1) is 18.8 Å². The van der Waals surface area contributed by atoms with Gasteiger partial charge in [-0.15, -0.1) is 0 Å². The highest BCUT2D eigenvalue weighted by atomic mass is 16.4. The second kappa shape index (κ2) is 7.26. The Balaban J connectivity index is 2.13. The Bertz CT molecular complexity index is 627. The number of aryl methyl sites for hydroxylation is 1. The van der Waals surface area contributed by atoms with Crippen LogP contribution in [0.3, 0.4) is 0 Å². The van der Waals surface area contributed by atoms with Gasteiger partial charge in [0, 0.05) is 18.3 Å². The number of carboxylic acids is 1. The number of carbonyl (C=O) groups excluding carboxylic acids is 2. The highest BCUT2D eigenvalue weighted by molar-refractivity contribution is 5.96. The van der Waals surface area contributed by atoms with E-state index in [0.29, 0.717) is 24.2 Å². The lowest BCUT2D eigenvalue weighted by Crippen LogP contribution is -2.36. The molecule has 2 atom stereocenters. The number of carboxylic acid groups (broad SMARTS) is 1. The van der Waals surface area contributed by atoms with Gasteiger partial charge in [-0.05, 0) is 37.5 Å². The predicted molar refractivity (Wildman–Crippen MR) is 87.2 cm³/mol. The quantitative estimate of drug-likeness (QED) is 0.795. The van der Waals surface area contributed by atoms with Crippen LogP contribution in [0.1, 0.15) is 38.2 Å². The molecular formula is C17H22N2O4. The number of anilines is 2. The average Bonchev–Trinajstić information content (AvgIpc) is 2.50. The number of hydrogen-bond acceptors (Lipinski definition) is 3. The molecule has 3 N–H and O–H groups in total. The molecule has 1 aromatic rings. The maximum atomic E-state index is 12.4. The van der Waals surface area contributed by atoms with Crippen LogP contribution in [-0.2, 0) is 14.4 Å². The van der Waals surface area contributed by atoms with Crippen molar-refractivity contribution < 1.29 is 19.5 Å². The largest absolute Gasteiger partial charge is 0.481 e. The summed E-state index contributed by atoms with van der Waals surface area (Å²) >= 11 is 0. The summed E-state index contributed by atoms with van der Waals surface area (Å²) in [5.74, 6) is -2.49. The van der Waals surface area contributed by atoms with Crippen molar-refractivity contribution >= 4 is 29.2 Å². The molecule has 1 fully saturated rings. The summed E-state index contributed by atoms with van der Waals surface area (Å²) in [6.07, 6.45) is 2.84. The molecule has 0 aromatic heterocycles. The van der Waals surface area contributed by atoms with E-state index in [9.17, 15) is 19.5 Å². The maximum Gasteiger partial charge on any atom is 0.307 e. The van der Waals surface area contributed by atoms with Crippen LogP contribution < -0.4 is 10.6 Å². The molecule has 2 amide bonds. The molecule has 6 heteroatoms. The number of benzene rings is 1. The normalized spacial score (nSPS) is 20.6. The second-order valence-corrected chi connectivity index (χ2v) is 6.04. The zero-order chi connectivity index (χ0) is 17.0. The van der Waals surface area contributed by atoms with Crippen LogP contribution in [0.2, 0.25) is 0 Å². The Morgan fingerprint density at radius 3 is 2.35 bits per heavy atom. The minimum Gasteiger partial charge on any atom is -0.481 e. The van der Waals surface area contributed by atoms with Gasteiger partial charge >= 0.3 is 5.97 Å². The minimum absolute atomic E-state index is 0.185. The van der Waals surface area contributed by atoms with E-state index in [0.717, 1.165) is 18.4 Å². The molecule has 1 saturated carbocycles. The van der Waals surface area contributed by atoms with Gasteiger partial charge in [-0.2, -0.15) is 0 Å². The van der Waals surface area contributed by atoms with E-state index in [1.807, 2.05) is 6.92 Å². The molecule has 0 saturated heterocycles. The number of amides is 2. The van der Waals surface area contributed by atoms with Crippen LogP contribution in [0.15, 0.2) is 18.2 Å². The fourth-order valence-electron chi connectivity index (χ4n) is 3.00. The van der Waals surface area contributed by atoms with Gasteiger partial charge in [-0.25, -0.2) is 0 Å². The summed E-state index contributed by atoms with van der Waals surface area (Å²) in [6.45, 7) is 3.28. The topological polar surface area (TPSA) is 95.5 Å². The smallest absolute Gasteiger partial charge is 0.307 e. The lowest BCUT2D eigenvalue weighted by molar-refractivity contribution is -0.147. The van der Waals surface area contributed by atoms with Crippen molar-refractivity contribution in [3.63, 3.8) is 0 Å². The average molecular weight is 318 g/mol. The van der Waals surface area contributed by atoms with Gasteiger partial charge in [0.1, 0.15) is 0 Å². The first-order valence-electron chi connectivity index (χ1n) is 7.80. The van der Waals surface area contributed by atoms with Crippen LogP contribution in [0.25, 0.3) is 0 Å². The zero-order valence-electron chi connectivity index (χ0n) is 13.4. The Hall–Kier alpha value is -2.37. The van der Waals surface area contributed by atoms with E-state index in [2.05, 4.69) is 10.6 Å². The van der Waals surface area contributed by atoms with Crippen LogP contribution >= 0.6 is 0 Å². The molecule has 6 nitrogen and oxygen atoms in total. The number of rotatable bonds is 4. The summed E-state index contributed by atoms with van der Waals surface area (Å²) in [4.78, 5) is 35.0. The summed E-state index contributed by atoms with van der Waals surface area (Å²) in [6, 6.07) is 5.24. The highest BCUT2D eigenvalue weighted by Gasteiger charge is 2.35.